The highest BCUT2D eigenvalue weighted by atomic mass is 33.1. The molecule has 260 valence electrons. The van der Waals surface area contributed by atoms with E-state index in [0.29, 0.717) is 59.3 Å². The van der Waals surface area contributed by atoms with Crippen molar-refractivity contribution in [1.82, 2.24) is 0 Å². The average Bonchev–Trinajstić information content (AvgIpc) is 2.98. The highest BCUT2D eigenvalue weighted by Crippen LogP contribution is 2.43. The van der Waals surface area contributed by atoms with Crippen molar-refractivity contribution in [2.24, 2.45) is 0 Å². The van der Waals surface area contributed by atoms with E-state index in [9.17, 15) is 14.0 Å². The Bertz CT molecular complexity index is 684. The Labute approximate surface area is 265 Å². The summed E-state index contributed by atoms with van der Waals surface area (Å²) in [5, 5.41) is 8.75. The minimum absolute atomic E-state index is 0.0510. The van der Waals surface area contributed by atoms with Crippen molar-refractivity contribution in [1.29, 1.82) is 0 Å². The molecule has 0 radical (unpaired) electrons. The Morgan fingerprint density at radius 3 is 1.23 bits per heavy atom. The molecule has 0 saturated carbocycles. The maximum absolute atomic E-state index is 11.9. The summed E-state index contributed by atoms with van der Waals surface area (Å²) < 4.78 is 68.3. The van der Waals surface area contributed by atoms with Gasteiger partial charge in [-0.25, -0.2) is 9.13 Å². The molecule has 0 spiro atoms. The Kier molecular flexibility index (Phi) is 33.1. The van der Waals surface area contributed by atoms with Gasteiger partial charge in [-0.3, -0.25) is 18.1 Å². The summed E-state index contributed by atoms with van der Waals surface area (Å²) in [5.41, 5.74) is 0. The number of hydrogen-bond acceptors (Lipinski definition) is 14. The second kappa shape index (κ2) is 32.6. The second-order valence-electron chi connectivity index (χ2n) is 8.88. The summed E-state index contributed by atoms with van der Waals surface area (Å²) in [5.74, 6) is 2.25. The summed E-state index contributed by atoms with van der Waals surface area (Å²) in [6.45, 7) is 3.59. The monoisotopic (exact) mass is 704 g/mol. The van der Waals surface area contributed by atoms with Crippen LogP contribution in [0.15, 0.2) is 0 Å². The number of rotatable bonds is 36. The molecule has 0 aromatic rings. The van der Waals surface area contributed by atoms with Crippen molar-refractivity contribution >= 4 is 37.2 Å². The predicted octanol–water partition coefficient (Wildman–Crippen LogP) is 4.46. The fourth-order valence-electron chi connectivity index (χ4n) is 3.04. The molecule has 14 nitrogen and oxygen atoms in total. The lowest BCUT2D eigenvalue weighted by Crippen LogP contribution is -2.14. The van der Waals surface area contributed by atoms with Crippen molar-refractivity contribution in [3.05, 3.63) is 0 Å². The van der Waals surface area contributed by atoms with Crippen LogP contribution in [0.25, 0.3) is 0 Å². The SMILES string of the molecule is COP(=O)(O)OCCOCCOCCOCCOCCOCCOP(=O)(O)OCCCCCCSSCCCCCCO. The van der Waals surface area contributed by atoms with E-state index in [-0.39, 0.29) is 39.6 Å². The van der Waals surface area contributed by atoms with Crippen molar-refractivity contribution in [2.45, 2.75) is 51.4 Å². The number of aliphatic hydroxyl groups excluding tert-OH is 1. The number of aliphatic hydroxyl groups is 1. The smallest absolute Gasteiger partial charge is 0.396 e. The van der Waals surface area contributed by atoms with E-state index >= 15 is 0 Å². The van der Waals surface area contributed by atoms with Gasteiger partial charge in [-0.1, -0.05) is 47.3 Å². The maximum atomic E-state index is 11.9. The number of hydrogen-bond donors (Lipinski definition) is 3. The molecule has 0 aromatic heterocycles. The van der Waals surface area contributed by atoms with Crippen LogP contribution in [0.4, 0.5) is 0 Å². The van der Waals surface area contributed by atoms with Crippen LogP contribution in [0.3, 0.4) is 0 Å². The molecular formula is C25H54O14P2S2. The lowest BCUT2D eigenvalue weighted by atomic mass is 10.2. The highest BCUT2D eigenvalue weighted by Gasteiger charge is 2.20. The molecule has 0 rings (SSSR count). The number of ether oxygens (including phenoxy) is 5. The summed E-state index contributed by atoms with van der Waals surface area (Å²) >= 11 is 0. The van der Waals surface area contributed by atoms with Gasteiger partial charge in [0.15, 0.2) is 0 Å². The molecule has 0 aromatic carbocycles. The Morgan fingerprint density at radius 1 is 0.465 bits per heavy atom. The van der Waals surface area contributed by atoms with E-state index in [1.54, 1.807) is 0 Å². The van der Waals surface area contributed by atoms with Crippen LogP contribution in [-0.4, -0.2) is 126 Å². The Balaban J connectivity index is 3.29. The van der Waals surface area contributed by atoms with Crippen molar-refractivity contribution in [3.63, 3.8) is 0 Å². The van der Waals surface area contributed by atoms with Crippen LogP contribution in [-0.2, 0) is 50.9 Å². The van der Waals surface area contributed by atoms with Crippen molar-refractivity contribution in [2.75, 3.05) is 111 Å². The predicted molar refractivity (Wildman–Crippen MR) is 168 cm³/mol. The first-order valence-electron chi connectivity index (χ1n) is 14.7. The molecular weight excluding hydrogens is 650 g/mol. The second-order valence-corrected chi connectivity index (χ2v) is 14.6. The fraction of sp³-hybridized carbons (Fsp3) is 1.00. The molecule has 0 amide bonds. The molecule has 0 aliphatic heterocycles. The molecule has 0 aliphatic rings. The number of phosphoric ester groups is 2. The van der Waals surface area contributed by atoms with E-state index in [4.69, 9.17) is 42.7 Å². The normalized spacial score (nSPS) is 14.6. The van der Waals surface area contributed by atoms with E-state index in [1.165, 1.54) is 12.8 Å². The molecule has 0 heterocycles. The van der Waals surface area contributed by atoms with Gasteiger partial charge >= 0.3 is 15.6 Å². The van der Waals surface area contributed by atoms with Gasteiger partial charge < -0.3 is 38.6 Å². The molecule has 2 atom stereocenters. The zero-order valence-corrected chi connectivity index (χ0v) is 28.9. The van der Waals surface area contributed by atoms with Gasteiger partial charge in [-0.15, -0.1) is 0 Å². The fourth-order valence-corrected chi connectivity index (χ4v) is 6.48. The lowest BCUT2D eigenvalue weighted by molar-refractivity contribution is -0.0154. The summed E-state index contributed by atoms with van der Waals surface area (Å²) in [6, 6.07) is 0. The van der Waals surface area contributed by atoms with Crippen LogP contribution >= 0.6 is 37.2 Å². The Hall–Kier alpha value is 0.680. The first-order valence-corrected chi connectivity index (χ1v) is 20.2. The van der Waals surface area contributed by atoms with Crippen LogP contribution in [0.5, 0.6) is 0 Å². The van der Waals surface area contributed by atoms with E-state index in [2.05, 4.69) is 9.05 Å². The van der Waals surface area contributed by atoms with E-state index in [1.807, 2.05) is 21.6 Å². The third-order valence-corrected chi connectivity index (χ3v) is 9.84. The van der Waals surface area contributed by atoms with Gasteiger partial charge in [-0.2, -0.15) is 0 Å². The molecule has 0 saturated heterocycles. The standard InChI is InChI=1S/C25H54O14P2S2/c1-31-40(27,28)38-22-20-35-18-16-33-14-12-32-13-15-34-17-19-36-21-23-39-41(29,30)37-11-7-3-5-9-25-43-42-24-8-4-2-6-10-26/h26H,2-25H2,1H3,(H,27,28)(H,29,30). The van der Waals surface area contributed by atoms with Gasteiger partial charge in [0, 0.05) is 25.2 Å². The highest BCUT2D eigenvalue weighted by molar-refractivity contribution is 8.76. The van der Waals surface area contributed by atoms with E-state index in [0.717, 1.165) is 50.7 Å². The maximum Gasteiger partial charge on any atom is 0.472 e. The lowest BCUT2D eigenvalue weighted by Gasteiger charge is -2.12. The third-order valence-electron chi connectivity index (χ3n) is 5.28. The third kappa shape index (κ3) is 35.4. The van der Waals surface area contributed by atoms with Crippen LogP contribution in [0.2, 0.25) is 0 Å². The topological polar surface area (TPSA) is 178 Å². The quantitative estimate of drug-likeness (QED) is 0.0473. The molecule has 43 heavy (non-hydrogen) atoms. The van der Waals surface area contributed by atoms with Gasteiger partial charge in [0.25, 0.3) is 0 Å². The average molecular weight is 705 g/mol. The molecule has 0 fully saturated rings. The van der Waals surface area contributed by atoms with E-state index < -0.39 is 15.6 Å². The molecule has 0 aliphatic carbocycles. The van der Waals surface area contributed by atoms with Crippen LogP contribution in [0, 0.1) is 0 Å². The zero-order valence-electron chi connectivity index (χ0n) is 25.5. The first kappa shape index (κ1) is 43.7. The van der Waals surface area contributed by atoms with Crippen molar-refractivity contribution in [3.8, 4) is 0 Å². The van der Waals surface area contributed by atoms with Gasteiger partial charge in [0.2, 0.25) is 0 Å². The largest absolute Gasteiger partial charge is 0.472 e. The molecule has 2 unspecified atom stereocenters. The summed E-state index contributed by atoms with van der Waals surface area (Å²) in [4.78, 5) is 18.8. The summed E-state index contributed by atoms with van der Waals surface area (Å²) in [7, 11) is -3.14. The Morgan fingerprint density at radius 2 is 0.814 bits per heavy atom. The van der Waals surface area contributed by atoms with Crippen molar-refractivity contribution < 1.29 is 65.8 Å². The minimum Gasteiger partial charge on any atom is -0.396 e. The zero-order chi connectivity index (χ0) is 31.7. The molecule has 18 heteroatoms. The first-order chi connectivity index (χ1) is 20.8. The van der Waals surface area contributed by atoms with Crippen LogP contribution < -0.4 is 0 Å². The molecule has 3 N–H and O–H groups in total. The number of phosphoric acid groups is 2. The minimum atomic E-state index is -4.07. The van der Waals surface area contributed by atoms with Gasteiger partial charge in [0.05, 0.1) is 85.9 Å². The number of unbranched alkanes of at least 4 members (excludes halogenated alkanes) is 6. The van der Waals surface area contributed by atoms with Gasteiger partial charge in [-0.05, 0) is 25.7 Å². The molecule has 0 bridgehead atoms. The summed E-state index contributed by atoms with van der Waals surface area (Å²) in [6.07, 6.45) is 8.21. The van der Waals surface area contributed by atoms with Gasteiger partial charge in [0.1, 0.15) is 0 Å². The van der Waals surface area contributed by atoms with Crippen LogP contribution in [0.1, 0.15) is 51.4 Å².